The first-order chi connectivity index (χ1) is 7.81. The highest BCUT2D eigenvalue weighted by atomic mass is 16.5. The van der Waals surface area contributed by atoms with Crippen LogP contribution in [0.5, 0.6) is 11.5 Å². The Morgan fingerprint density at radius 2 is 2.19 bits per heavy atom. The Balaban J connectivity index is 2.61. The molecular formula is C13H16O3. The van der Waals surface area contributed by atoms with Crippen LogP contribution in [0, 0.1) is 12.3 Å². The summed E-state index contributed by atoms with van der Waals surface area (Å²) >= 11 is 0. The summed E-state index contributed by atoms with van der Waals surface area (Å²) in [6.45, 7) is 0.562. The van der Waals surface area contributed by atoms with Gasteiger partial charge >= 0.3 is 0 Å². The molecule has 0 aliphatic heterocycles. The van der Waals surface area contributed by atoms with E-state index >= 15 is 0 Å². The summed E-state index contributed by atoms with van der Waals surface area (Å²) in [7, 11) is 1.57. The van der Waals surface area contributed by atoms with Crippen LogP contribution in [-0.4, -0.2) is 18.8 Å². The number of unbranched alkanes of at least 4 members (excludes halogenated alkanes) is 1. The number of methoxy groups -OCH3 is 1. The van der Waals surface area contributed by atoms with Crippen LogP contribution in [0.1, 0.15) is 18.4 Å². The summed E-state index contributed by atoms with van der Waals surface area (Å²) < 4.78 is 10.7. The van der Waals surface area contributed by atoms with Crippen molar-refractivity contribution in [3.05, 3.63) is 23.8 Å². The molecule has 1 rings (SSSR count). The quantitative estimate of drug-likeness (QED) is 0.588. The Morgan fingerprint density at radius 3 is 2.81 bits per heavy atom. The fourth-order valence-corrected chi connectivity index (χ4v) is 1.29. The molecule has 0 bridgehead atoms. The lowest BCUT2D eigenvalue weighted by molar-refractivity contribution is 0.276. The van der Waals surface area contributed by atoms with E-state index in [0.29, 0.717) is 24.5 Å². The number of rotatable bonds is 6. The Hall–Kier alpha value is -1.66. The molecule has 0 saturated carbocycles. The van der Waals surface area contributed by atoms with Crippen molar-refractivity contribution in [1.29, 1.82) is 0 Å². The molecule has 1 N–H and O–H groups in total. The molecule has 1 aromatic rings. The Bertz CT molecular complexity index is 366. The highest BCUT2D eigenvalue weighted by Gasteiger charge is 2.04. The predicted molar refractivity (Wildman–Crippen MR) is 62.5 cm³/mol. The van der Waals surface area contributed by atoms with E-state index in [1.165, 1.54) is 0 Å². The van der Waals surface area contributed by atoms with E-state index in [9.17, 15) is 0 Å². The lowest BCUT2D eigenvalue weighted by atomic mass is 10.2. The van der Waals surface area contributed by atoms with Gasteiger partial charge in [0.25, 0.3) is 0 Å². The van der Waals surface area contributed by atoms with Crippen molar-refractivity contribution < 1.29 is 14.6 Å². The van der Waals surface area contributed by atoms with Crippen LogP contribution in [-0.2, 0) is 6.61 Å². The molecule has 0 amide bonds. The molecule has 0 aliphatic carbocycles. The minimum Gasteiger partial charge on any atom is -0.493 e. The average molecular weight is 220 g/mol. The van der Waals surface area contributed by atoms with Gasteiger partial charge in [0.1, 0.15) is 0 Å². The second-order valence-electron chi connectivity index (χ2n) is 3.30. The minimum absolute atomic E-state index is 0.00622. The van der Waals surface area contributed by atoms with Crippen LogP contribution in [0.4, 0.5) is 0 Å². The summed E-state index contributed by atoms with van der Waals surface area (Å²) in [5.74, 6) is 3.87. The molecule has 0 aliphatic rings. The Kier molecular flexibility index (Phi) is 5.24. The second-order valence-corrected chi connectivity index (χ2v) is 3.30. The van der Waals surface area contributed by atoms with E-state index in [1.54, 1.807) is 25.3 Å². The molecule has 0 aromatic heterocycles. The van der Waals surface area contributed by atoms with E-state index in [1.807, 2.05) is 0 Å². The maximum atomic E-state index is 8.98. The number of hydrogen-bond donors (Lipinski definition) is 1. The Morgan fingerprint density at radius 1 is 1.38 bits per heavy atom. The van der Waals surface area contributed by atoms with Crippen LogP contribution >= 0.6 is 0 Å². The maximum Gasteiger partial charge on any atom is 0.161 e. The van der Waals surface area contributed by atoms with Crippen molar-refractivity contribution in [1.82, 2.24) is 0 Å². The molecule has 0 unspecified atom stereocenters. The largest absolute Gasteiger partial charge is 0.493 e. The van der Waals surface area contributed by atoms with Crippen molar-refractivity contribution in [2.75, 3.05) is 13.7 Å². The SMILES string of the molecule is C#CCCCOc1ccc(CO)cc1OC. The molecule has 16 heavy (non-hydrogen) atoms. The van der Waals surface area contributed by atoms with E-state index in [0.717, 1.165) is 12.0 Å². The standard InChI is InChI=1S/C13H16O3/c1-3-4-5-8-16-12-7-6-11(10-14)9-13(12)15-2/h1,6-7,9,14H,4-5,8,10H2,2H3. The molecule has 0 spiro atoms. The third-order valence-corrected chi connectivity index (χ3v) is 2.13. The van der Waals surface area contributed by atoms with Crippen LogP contribution in [0.25, 0.3) is 0 Å². The van der Waals surface area contributed by atoms with Crippen LogP contribution in [0.3, 0.4) is 0 Å². The van der Waals surface area contributed by atoms with E-state index in [-0.39, 0.29) is 6.61 Å². The van der Waals surface area contributed by atoms with Crippen molar-refractivity contribution in [3.8, 4) is 23.8 Å². The van der Waals surface area contributed by atoms with Gasteiger partial charge in [0, 0.05) is 6.42 Å². The first-order valence-corrected chi connectivity index (χ1v) is 5.16. The van der Waals surface area contributed by atoms with Gasteiger partial charge in [-0.3, -0.25) is 0 Å². The molecule has 86 valence electrons. The third kappa shape index (κ3) is 3.48. The smallest absolute Gasteiger partial charge is 0.161 e. The fraction of sp³-hybridized carbons (Fsp3) is 0.385. The average Bonchev–Trinajstić information content (AvgIpc) is 2.34. The first-order valence-electron chi connectivity index (χ1n) is 5.16. The van der Waals surface area contributed by atoms with E-state index in [2.05, 4.69) is 5.92 Å². The van der Waals surface area contributed by atoms with Gasteiger partial charge in [-0.05, 0) is 24.1 Å². The van der Waals surface area contributed by atoms with Crippen molar-refractivity contribution >= 4 is 0 Å². The molecule has 0 atom stereocenters. The van der Waals surface area contributed by atoms with Gasteiger partial charge in [-0.1, -0.05) is 6.07 Å². The number of terminal acetylenes is 1. The molecule has 0 heterocycles. The maximum absolute atomic E-state index is 8.98. The molecule has 3 heteroatoms. The predicted octanol–water partition coefficient (Wildman–Crippen LogP) is 1.98. The number of aliphatic hydroxyl groups excluding tert-OH is 1. The topological polar surface area (TPSA) is 38.7 Å². The molecule has 0 fully saturated rings. The molecule has 3 nitrogen and oxygen atoms in total. The minimum atomic E-state index is -0.00622. The monoisotopic (exact) mass is 220 g/mol. The van der Waals surface area contributed by atoms with E-state index < -0.39 is 0 Å². The van der Waals surface area contributed by atoms with Crippen molar-refractivity contribution in [2.45, 2.75) is 19.4 Å². The van der Waals surface area contributed by atoms with Gasteiger partial charge in [-0.25, -0.2) is 0 Å². The van der Waals surface area contributed by atoms with Gasteiger partial charge in [0.05, 0.1) is 20.3 Å². The molecule has 0 saturated heterocycles. The van der Waals surface area contributed by atoms with Crippen LogP contribution in [0.2, 0.25) is 0 Å². The number of ether oxygens (including phenoxy) is 2. The van der Waals surface area contributed by atoms with E-state index in [4.69, 9.17) is 21.0 Å². The zero-order chi connectivity index (χ0) is 11.8. The van der Waals surface area contributed by atoms with Gasteiger partial charge < -0.3 is 14.6 Å². The lowest BCUT2D eigenvalue weighted by Gasteiger charge is -2.11. The summed E-state index contributed by atoms with van der Waals surface area (Å²) in [6.07, 6.45) is 6.67. The number of hydrogen-bond acceptors (Lipinski definition) is 3. The normalized spacial score (nSPS) is 9.56. The van der Waals surface area contributed by atoms with Crippen LogP contribution < -0.4 is 9.47 Å². The molecule has 1 aromatic carbocycles. The highest BCUT2D eigenvalue weighted by molar-refractivity contribution is 5.42. The molecule has 0 radical (unpaired) electrons. The second kappa shape index (κ2) is 6.76. The zero-order valence-electron chi connectivity index (χ0n) is 9.40. The Labute approximate surface area is 96.0 Å². The van der Waals surface area contributed by atoms with Crippen LogP contribution in [0.15, 0.2) is 18.2 Å². The fourth-order valence-electron chi connectivity index (χ4n) is 1.29. The highest BCUT2D eigenvalue weighted by Crippen LogP contribution is 2.28. The first kappa shape index (κ1) is 12.4. The van der Waals surface area contributed by atoms with Gasteiger partial charge in [-0.15, -0.1) is 12.3 Å². The lowest BCUT2D eigenvalue weighted by Crippen LogP contribution is -1.99. The van der Waals surface area contributed by atoms with Crippen molar-refractivity contribution in [2.24, 2.45) is 0 Å². The van der Waals surface area contributed by atoms with Gasteiger partial charge in [0.2, 0.25) is 0 Å². The van der Waals surface area contributed by atoms with Gasteiger partial charge in [-0.2, -0.15) is 0 Å². The summed E-state index contributed by atoms with van der Waals surface area (Å²) in [4.78, 5) is 0. The summed E-state index contributed by atoms with van der Waals surface area (Å²) in [5.41, 5.74) is 0.799. The van der Waals surface area contributed by atoms with Crippen molar-refractivity contribution in [3.63, 3.8) is 0 Å². The number of aliphatic hydroxyl groups is 1. The summed E-state index contributed by atoms with van der Waals surface area (Å²) in [6, 6.07) is 5.36. The summed E-state index contributed by atoms with van der Waals surface area (Å²) in [5, 5.41) is 8.98. The zero-order valence-corrected chi connectivity index (χ0v) is 9.40. The van der Waals surface area contributed by atoms with Gasteiger partial charge in [0.15, 0.2) is 11.5 Å². The number of benzene rings is 1. The molecular weight excluding hydrogens is 204 g/mol. The third-order valence-electron chi connectivity index (χ3n) is 2.13.